The molecule has 0 saturated heterocycles. The fourth-order valence-corrected chi connectivity index (χ4v) is 1.78. The van der Waals surface area contributed by atoms with Gasteiger partial charge in [0.1, 0.15) is 0 Å². The minimum absolute atomic E-state index is 0.00334. The third-order valence-corrected chi connectivity index (χ3v) is 3.32. The minimum atomic E-state index is -3.86. The maximum Gasteiger partial charge on any atom is 0.264 e. The van der Waals surface area contributed by atoms with E-state index in [1.165, 1.54) is 0 Å². The van der Waals surface area contributed by atoms with Crippen molar-refractivity contribution in [3.8, 4) is 0 Å². The number of rotatable bonds is 8. The molecule has 5 nitrogen and oxygen atoms in total. The van der Waals surface area contributed by atoms with Crippen molar-refractivity contribution in [2.75, 3.05) is 18.9 Å². The summed E-state index contributed by atoms with van der Waals surface area (Å²) in [5.74, 6) is 0.110. The van der Waals surface area contributed by atoms with Crippen LogP contribution < -0.4 is 5.32 Å². The molecule has 0 bridgehead atoms. The molecule has 0 aliphatic heterocycles. The van der Waals surface area contributed by atoms with Crippen LogP contribution in [0.1, 0.15) is 26.7 Å². The normalized spacial score (nSPS) is 16.3. The lowest BCUT2D eigenvalue weighted by atomic mass is 10.00. The smallest absolute Gasteiger partial charge is 0.264 e. The van der Waals surface area contributed by atoms with E-state index < -0.39 is 10.1 Å². The highest BCUT2D eigenvalue weighted by Gasteiger charge is 2.13. The number of nitrogens with one attached hydrogen (secondary N) is 1. The molecule has 0 rings (SSSR count). The van der Waals surface area contributed by atoms with Gasteiger partial charge in [-0.25, -0.2) is 0 Å². The van der Waals surface area contributed by atoms with E-state index in [-0.39, 0.29) is 18.4 Å². The predicted octanol–water partition coefficient (Wildman–Crippen LogP) is 0.261. The van der Waals surface area contributed by atoms with Crippen LogP contribution in [0.15, 0.2) is 0 Å². The Balaban J connectivity index is 3.73. The first-order valence-corrected chi connectivity index (χ1v) is 6.81. The third kappa shape index (κ3) is 7.72. The second kappa shape index (κ2) is 7.16. The molecule has 0 aromatic carbocycles. The molecule has 0 radical (unpaired) electrons. The zero-order valence-electron chi connectivity index (χ0n) is 9.31. The fourth-order valence-electron chi connectivity index (χ4n) is 1.27. The topological polar surface area (TPSA) is 86.6 Å². The minimum Gasteiger partial charge on any atom is -0.395 e. The van der Waals surface area contributed by atoms with E-state index in [0.717, 1.165) is 6.42 Å². The highest BCUT2D eigenvalue weighted by Crippen LogP contribution is 2.06. The molecule has 0 aromatic heterocycles. The van der Waals surface area contributed by atoms with E-state index in [1.54, 1.807) is 0 Å². The zero-order chi connectivity index (χ0) is 11.9. The van der Waals surface area contributed by atoms with Gasteiger partial charge < -0.3 is 10.4 Å². The molecule has 6 heteroatoms. The summed E-state index contributed by atoms with van der Waals surface area (Å²) in [5.41, 5.74) is 0. The maximum atomic E-state index is 10.4. The maximum absolute atomic E-state index is 10.4. The number of hydrogen-bond donors (Lipinski definition) is 3. The standard InChI is InChI=1S/C9H21NO4S/c1-3-8(2)9(7-11)10-5-4-6-15(12,13)14/h8-11H,3-7H2,1-2H3,(H,12,13,14)/t8?,9-/m0/s1. The number of hydrogen-bond acceptors (Lipinski definition) is 4. The molecule has 0 fully saturated rings. The Morgan fingerprint density at radius 3 is 2.40 bits per heavy atom. The lowest BCUT2D eigenvalue weighted by molar-refractivity contribution is 0.202. The summed E-state index contributed by atoms with van der Waals surface area (Å²) >= 11 is 0. The van der Waals surface area contributed by atoms with Gasteiger partial charge in [0, 0.05) is 6.04 Å². The molecule has 3 N–H and O–H groups in total. The Hall–Kier alpha value is -0.170. The largest absolute Gasteiger partial charge is 0.395 e. The summed E-state index contributed by atoms with van der Waals surface area (Å²) in [4.78, 5) is 0. The second-order valence-corrected chi connectivity index (χ2v) is 5.34. The van der Waals surface area contributed by atoms with Crippen molar-refractivity contribution in [1.82, 2.24) is 5.32 Å². The molecule has 0 heterocycles. The van der Waals surface area contributed by atoms with Crippen LogP contribution in [-0.4, -0.2) is 43.0 Å². The Kier molecular flexibility index (Phi) is 7.08. The summed E-state index contributed by atoms with van der Waals surface area (Å²) in [6, 6.07) is -0.00334. The Morgan fingerprint density at radius 2 is 2.00 bits per heavy atom. The molecule has 15 heavy (non-hydrogen) atoms. The van der Waals surface area contributed by atoms with Crippen LogP contribution in [0, 0.1) is 5.92 Å². The van der Waals surface area contributed by atoms with Gasteiger partial charge in [-0.3, -0.25) is 4.55 Å². The van der Waals surface area contributed by atoms with Crippen LogP contribution >= 0.6 is 0 Å². The van der Waals surface area contributed by atoms with Crippen LogP contribution in [0.3, 0.4) is 0 Å². The Bertz CT molecular complexity index is 253. The molecule has 0 aliphatic rings. The van der Waals surface area contributed by atoms with Crippen molar-refractivity contribution < 1.29 is 18.1 Å². The van der Waals surface area contributed by atoms with E-state index in [9.17, 15) is 8.42 Å². The molecule has 2 atom stereocenters. The van der Waals surface area contributed by atoms with Gasteiger partial charge in [0.05, 0.1) is 12.4 Å². The van der Waals surface area contributed by atoms with Crippen LogP contribution in [0.5, 0.6) is 0 Å². The summed E-state index contributed by atoms with van der Waals surface area (Å²) in [5, 5.41) is 12.1. The first-order valence-electron chi connectivity index (χ1n) is 5.20. The van der Waals surface area contributed by atoms with Crippen LogP contribution in [-0.2, 0) is 10.1 Å². The summed E-state index contributed by atoms with van der Waals surface area (Å²) in [7, 11) is -3.86. The SMILES string of the molecule is CCC(C)[C@H](CO)NCCCS(=O)(=O)O. The monoisotopic (exact) mass is 239 g/mol. The van der Waals surface area contributed by atoms with Gasteiger partial charge >= 0.3 is 0 Å². The van der Waals surface area contributed by atoms with Gasteiger partial charge in [-0.2, -0.15) is 8.42 Å². The van der Waals surface area contributed by atoms with Crippen molar-refractivity contribution in [3.05, 3.63) is 0 Å². The molecular weight excluding hydrogens is 218 g/mol. The third-order valence-electron chi connectivity index (χ3n) is 2.51. The van der Waals surface area contributed by atoms with Crippen molar-refractivity contribution in [2.24, 2.45) is 5.92 Å². The van der Waals surface area contributed by atoms with E-state index in [4.69, 9.17) is 9.66 Å². The Morgan fingerprint density at radius 1 is 1.40 bits per heavy atom. The molecular formula is C9H21NO4S. The average Bonchev–Trinajstić information content (AvgIpc) is 2.15. The van der Waals surface area contributed by atoms with Crippen molar-refractivity contribution >= 4 is 10.1 Å². The van der Waals surface area contributed by atoms with Gasteiger partial charge in [-0.1, -0.05) is 20.3 Å². The van der Waals surface area contributed by atoms with Gasteiger partial charge in [0.2, 0.25) is 0 Å². The molecule has 0 aromatic rings. The van der Waals surface area contributed by atoms with Crippen molar-refractivity contribution in [1.29, 1.82) is 0 Å². The summed E-state index contributed by atoms with van der Waals surface area (Å²) in [6.45, 7) is 4.58. The van der Waals surface area contributed by atoms with E-state index in [0.29, 0.717) is 18.9 Å². The van der Waals surface area contributed by atoms with E-state index in [2.05, 4.69) is 5.32 Å². The Labute approximate surface area is 91.6 Å². The van der Waals surface area contributed by atoms with Gasteiger partial charge in [0.25, 0.3) is 10.1 Å². The first-order chi connectivity index (χ1) is 6.90. The van der Waals surface area contributed by atoms with Crippen LogP contribution in [0.4, 0.5) is 0 Å². The van der Waals surface area contributed by atoms with Crippen molar-refractivity contribution in [2.45, 2.75) is 32.7 Å². The first kappa shape index (κ1) is 14.8. The average molecular weight is 239 g/mol. The fraction of sp³-hybridized carbons (Fsp3) is 1.00. The van der Waals surface area contributed by atoms with Gasteiger partial charge in [0.15, 0.2) is 0 Å². The molecule has 0 saturated carbocycles. The zero-order valence-corrected chi connectivity index (χ0v) is 10.1. The van der Waals surface area contributed by atoms with Gasteiger partial charge in [-0.05, 0) is 18.9 Å². The lowest BCUT2D eigenvalue weighted by Crippen LogP contribution is -2.38. The highest BCUT2D eigenvalue weighted by atomic mass is 32.2. The molecule has 0 spiro atoms. The number of aliphatic hydroxyl groups is 1. The predicted molar refractivity (Wildman–Crippen MR) is 59.4 cm³/mol. The van der Waals surface area contributed by atoms with Crippen molar-refractivity contribution in [3.63, 3.8) is 0 Å². The van der Waals surface area contributed by atoms with Crippen LogP contribution in [0.25, 0.3) is 0 Å². The van der Waals surface area contributed by atoms with Crippen LogP contribution in [0.2, 0.25) is 0 Å². The van der Waals surface area contributed by atoms with E-state index >= 15 is 0 Å². The summed E-state index contributed by atoms with van der Waals surface area (Å²) < 4.78 is 29.3. The summed E-state index contributed by atoms with van der Waals surface area (Å²) in [6.07, 6.45) is 1.31. The quantitative estimate of drug-likeness (QED) is 0.418. The molecule has 0 aliphatic carbocycles. The van der Waals surface area contributed by atoms with E-state index in [1.807, 2.05) is 13.8 Å². The number of aliphatic hydroxyl groups excluding tert-OH is 1. The second-order valence-electron chi connectivity index (χ2n) is 3.77. The molecule has 1 unspecified atom stereocenters. The molecule has 92 valence electrons. The lowest BCUT2D eigenvalue weighted by Gasteiger charge is -2.21. The highest BCUT2D eigenvalue weighted by molar-refractivity contribution is 7.85. The van der Waals surface area contributed by atoms with Gasteiger partial charge in [-0.15, -0.1) is 0 Å². The molecule has 0 amide bonds.